The quantitative estimate of drug-likeness (QED) is 0.826. The molecule has 1 unspecified atom stereocenters. The Kier molecular flexibility index (Phi) is 5.20. The van der Waals surface area contributed by atoms with Crippen molar-refractivity contribution in [1.82, 2.24) is 29.8 Å². The SMILES string of the molecule is CC1CCCCN1CCC(=O)N1CCc2nnc(-c3cnn(C)c3)cc2C1. The third-order valence-electron chi connectivity index (χ3n) is 5.85. The van der Waals surface area contributed by atoms with Crippen LogP contribution in [0.25, 0.3) is 11.3 Å². The second-order valence-electron chi connectivity index (χ2n) is 7.80. The molecule has 4 heterocycles. The van der Waals surface area contributed by atoms with E-state index in [0.29, 0.717) is 19.0 Å². The zero-order valence-corrected chi connectivity index (χ0v) is 16.3. The molecule has 2 aliphatic rings. The third-order valence-corrected chi connectivity index (χ3v) is 5.85. The van der Waals surface area contributed by atoms with E-state index in [1.807, 2.05) is 18.1 Å². The van der Waals surface area contributed by atoms with Crippen LogP contribution in [0.4, 0.5) is 0 Å². The molecule has 0 radical (unpaired) electrons. The zero-order valence-electron chi connectivity index (χ0n) is 16.3. The number of rotatable bonds is 4. The van der Waals surface area contributed by atoms with Gasteiger partial charge >= 0.3 is 0 Å². The highest BCUT2D eigenvalue weighted by molar-refractivity contribution is 5.76. The van der Waals surface area contributed by atoms with E-state index in [0.717, 1.165) is 48.6 Å². The number of aryl methyl sites for hydroxylation is 1. The lowest BCUT2D eigenvalue weighted by atomic mass is 10.0. The molecule has 0 spiro atoms. The van der Waals surface area contributed by atoms with E-state index in [-0.39, 0.29) is 5.91 Å². The van der Waals surface area contributed by atoms with Crippen LogP contribution in [0.15, 0.2) is 18.5 Å². The Labute approximate surface area is 160 Å². The summed E-state index contributed by atoms with van der Waals surface area (Å²) in [6.07, 6.45) is 8.93. The summed E-state index contributed by atoms with van der Waals surface area (Å²) in [5, 5.41) is 12.9. The molecule has 0 saturated carbocycles. The number of carbonyl (C=O) groups excluding carboxylic acids is 1. The predicted molar refractivity (Wildman–Crippen MR) is 103 cm³/mol. The summed E-state index contributed by atoms with van der Waals surface area (Å²) >= 11 is 0. The van der Waals surface area contributed by atoms with Gasteiger partial charge in [0.2, 0.25) is 5.91 Å². The first kappa shape index (κ1) is 18.1. The molecule has 27 heavy (non-hydrogen) atoms. The molecule has 7 heteroatoms. The Bertz CT molecular complexity index is 817. The molecule has 0 aliphatic carbocycles. The second-order valence-corrected chi connectivity index (χ2v) is 7.80. The summed E-state index contributed by atoms with van der Waals surface area (Å²) in [4.78, 5) is 17.2. The van der Waals surface area contributed by atoms with Gasteiger partial charge in [-0.25, -0.2) is 0 Å². The van der Waals surface area contributed by atoms with E-state index >= 15 is 0 Å². The summed E-state index contributed by atoms with van der Waals surface area (Å²) in [6, 6.07) is 2.66. The van der Waals surface area contributed by atoms with Crippen molar-refractivity contribution in [2.45, 2.75) is 51.6 Å². The first-order valence-corrected chi connectivity index (χ1v) is 9.96. The maximum atomic E-state index is 12.8. The highest BCUT2D eigenvalue weighted by atomic mass is 16.2. The minimum Gasteiger partial charge on any atom is -0.338 e. The van der Waals surface area contributed by atoms with E-state index < -0.39 is 0 Å². The molecule has 4 rings (SSSR count). The first-order valence-electron chi connectivity index (χ1n) is 9.96. The van der Waals surface area contributed by atoms with E-state index in [9.17, 15) is 4.79 Å². The molecule has 144 valence electrons. The molecular weight excluding hydrogens is 340 g/mol. The molecule has 0 aromatic carbocycles. The molecule has 7 nitrogen and oxygen atoms in total. The monoisotopic (exact) mass is 368 g/mol. The van der Waals surface area contributed by atoms with Crippen molar-refractivity contribution in [3.8, 4) is 11.3 Å². The number of carbonyl (C=O) groups is 1. The van der Waals surface area contributed by atoms with Crippen LogP contribution in [0.2, 0.25) is 0 Å². The maximum absolute atomic E-state index is 12.8. The Balaban J connectivity index is 1.40. The van der Waals surface area contributed by atoms with Crippen molar-refractivity contribution in [2.75, 3.05) is 19.6 Å². The van der Waals surface area contributed by atoms with Gasteiger partial charge in [0.15, 0.2) is 0 Å². The Morgan fingerprint density at radius 2 is 2.15 bits per heavy atom. The molecule has 2 aliphatic heterocycles. The van der Waals surface area contributed by atoms with Crippen LogP contribution < -0.4 is 0 Å². The van der Waals surface area contributed by atoms with Crippen LogP contribution in [0.3, 0.4) is 0 Å². The molecule has 0 bridgehead atoms. The van der Waals surface area contributed by atoms with Crippen molar-refractivity contribution >= 4 is 5.91 Å². The van der Waals surface area contributed by atoms with Gasteiger partial charge in [0.25, 0.3) is 0 Å². The van der Waals surface area contributed by atoms with Gasteiger partial charge in [-0.15, -0.1) is 0 Å². The van der Waals surface area contributed by atoms with E-state index in [2.05, 4.69) is 33.2 Å². The van der Waals surface area contributed by atoms with Crippen molar-refractivity contribution < 1.29 is 4.79 Å². The lowest BCUT2D eigenvalue weighted by Gasteiger charge is -2.34. The van der Waals surface area contributed by atoms with Gasteiger partial charge in [-0.1, -0.05) is 6.42 Å². The van der Waals surface area contributed by atoms with Crippen LogP contribution in [0.5, 0.6) is 0 Å². The molecule has 1 saturated heterocycles. The van der Waals surface area contributed by atoms with Gasteiger partial charge in [-0.3, -0.25) is 9.48 Å². The summed E-state index contributed by atoms with van der Waals surface area (Å²) in [5.41, 5.74) is 3.89. The number of nitrogens with zero attached hydrogens (tertiary/aromatic N) is 6. The summed E-state index contributed by atoms with van der Waals surface area (Å²) in [7, 11) is 1.89. The fraction of sp³-hybridized carbons (Fsp3) is 0.600. The third kappa shape index (κ3) is 4.03. The molecule has 1 amide bonds. The van der Waals surface area contributed by atoms with Crippen molar-refractivity contribution in [3.63, 3.8) is 0 Å². The van der Waals surface area contributed by atoms with Gasteiger partial charge in [-0.2, -0.15) is 15.3 Å². The second kappa shape index (κ2) is 7.76. The standard InChI is InChI=1S/C20H28N6O/c1-15-5-3-4-8-25(15)10-7-20(27)26-9-6-18-16(14-26)11-19(23-22-18)17-12-21-24(2)13-17/h11-13,15H,3-10,14H2,1-2H3. The fourth-order valence-electron chi connectivity index (χ4n) is 4.12. The number of hydrogen-bond donors (Lipinski definition) is 0. The van der Waals surface area contributed by atoms with Crippen LogP contribution >= 0.6 is 0 Å². The number of fused-ring (bicyclic) bond motifs is 1. The zero-order chi connectivity index (χ0) is 18.8. The number of amides is 1. The number of likely N-dealkylation sites (tertiary alicyclic amines) is 1. The van der Waals surface area contributed by atoms with E-state index in [4.69, 9.17) is 0 Å². The maximum Gasteiger partial charge on any atom is 0.224 e. The van der Waals surface area contributed by atoms with Crippen LogP contribution in [-0.4, -0.2) is 61.4 Å². The van der Waals surface area contributed by atoms with E-state index in [1.54, 1.807) is 10.9 Å². The van der Waals surface area contributed by atoms with Crippen LogP contribution in [-0.2, 0) is 24.8 Å². The molecular formula is C20H28N6O. The Morgan fingerprint density at radius 3 is 2.93 bits per heavy atom. The molecule has 1 fully saturated rings. The van der Waals surface area contributed by atoms with E-state index in [1.165, 1.54) is 19.3 Å². The number of aromatic nitrogens is 4. The lowest BCUT2D eigenvalue weighted by molar-refractivity contribution is -0.132. The predicted octanol–water partition coefficient (Wildman–Crippen LogP) is 2.03. The highest BCUT2D eigenvalue weighted by Gasteiger charge is 2.24. The summed E-state index contributed by atoms with van der Waals surface area (Å²) in [6.45, 7) is 5.65. The van der Waals surface area contributed by atoms with Crippen LogP contribution in [0, 0.1) is 0 Å². The average Bonchev–Trinajstić information content (AvgIpc) is 3.12. The van der Waals surface area contributed by atoms with Gasteiger partial charge in [0.05, 0.1) is 17.6 Å². The summed E-state index contributed by atoms with van der Waals surface area (Å²) < 4.78 is 1.76. The summed E-state index contributed by atoms with van der Waals surface area (Å²) in [5.74, 6) is 0.248. The number of piperidine rings is 1. The van der Waals surface area contributed by atoms with Crippen LogP contribution in [0.1, 0.15) is 43.9 Å². The molecule has 2 aromatic heterocycles. The molecule has 2 aromatic rings. The Hall–Kier alpha value is -2.28. The smallest absolute Gasteiger partial charge is 0.224 e. The van der Waals surface area contributed by atoms with Crippen molar-refractivity contribution in [2.24, 2.45) is 7.05 Å². The van der Waals surface area contributed by atoms with Gasteiger partial charge in [0.1, 0.15) is 0 Å². The van der Waals surface area contributed by atoms with Crippen molar-refractivity contribution in [3.05, 3.63) is 29.7 Å². The largest absolute Gasteiger partial charge is 0.338 e. The highest BCUT2D eigenvalue weighted by Crippen LogP contribution is 2.23. The first-order chi connectivity index (χ1) is 13.1. The minimum absolute atomic E-state index is 0.248. The van der Waals surface area contributed by atoms with Crippen molar-refractivity contribution in [1.29, 1.82) is 0 Å². The molecule has 0 N–H and O–H groups in total. The molecule has 1 atom stereocenters. The Morgan fingerprint density at radius 1 is 1.26 bits per heavy atom. The number of hydrogen-bond acceptors (Lipinski definition) is 5. The fourth-order valence-corrected chi connectivity index (χ4v) is 4.12. The topological polar surface area (TPSA) is 67.2 Å². The normalized spacial score (nSPS) is 20.5. The van der Waals surface area contributed by atoms with Gasteiger partial charge in [0, 0.05) is 57.3 Å². The minimum atomic E-state index is 0.248. The lowest BCUT2D eigenvalue weighted by Crippen LogP contribution is -2.42. The van der Waals surface area contributed by atoms with Gasteiger partial charge in [-0.05, 0) is 37.9 Å². The van der Waals surface area contributed by atoms with Gasteiger partial charge < -0.3 is 9.80 Å². The average molecular weight is 368 g/mol.